The van der Waals surface area contributed by atoms with E-state index in [1.807, 2.05) is 42.5 Å². The van der Waals surface area contributed by atoms with E-state index in [2.05, 4.69) is 121 Å². The van der Waals surface area contributed by atoms with Crippen molar-refractivity contribution < 1.29 is 55.6 Å². The standard InChI is InChI=1S/C21H22ClNO4.2C4H8N2S4.Mn.Zn/c1-25-19-8-5-16(13-20(19)26-2)18(15-3-6-17(22)7-4-15)14-21(24)23-9-11-27-12-10-23;2*7-3(8)5-1-2-6-4(9)10;;/h3-8,13-14H,9-12H2,1-2H3;2*1-2H2,(H2,5,7,8)(H2,6,9,10);;/q;;;2*+2/p-4/b18-14-;;;;. The predicted molar refractivity (Wildman–Crippen MR) is 217 cm³/mol. The Hall–Kier alpha value is -0.917. The van der Waals surface area contributed by atoms with Crippen LogP contribution in [0.4, 0.5) is 0 Å². The van der Waals surface area contributed by atoms with E-state index in [1.165, 1.54) is 0 Å². The quantitative estimate of drug-likeness (QED) is 0.0873. The van der Waals surface area contributed by atoms with Crippen molar-refractivity contribution >= 4 is 140 Å². The summed E-state index contributed by atoms with van der Waals surface area (Å²) < 4.78 is 17.6. The Bertz CT molecular complexity index is 1310. The number of halogens is 1. The number of carbonyl (C=O) groups excluding carboxylic acids is 1. The second kappa shape index (κ2) is 29.6. The number of benzene rings is 2. The molecule has 1 heterocycles. The SMILES string of the molecule is COc1ccc(/C(=C\C(=O)N2CCOCC2)c2ccc(Cl)cc2)cc1OC.S=C([S-])NCCNC(=S)[S-].S=C([S-])NCCNC(=S)[S-].[Mn+2].[Zn+2]. The first-order valence-electron chi connectivity index (χ1n) is 13.7. The fourth-order valence-electron chi connectivity index (χ4n) is 3.62. The van der Waals surface area contributed by atoms with Crippen molar-refractivity contribution in [3.8, 4) is 11.5 Å². The second-order valence-electron chi connectivity index (χ2n) is 8.93. The molecule has 0 bridgehead atoms. The number of morpholine rings is 1. The monoisotopic (exact) mass is 926 g/mol. The molecule has 2 aromatic carbocycles. The Morgan fingerprint density at radius 2 is 1.18 bits per heavy atom. The van der Waals surface area contributed by atoms with E-state index in [-0.39, 0.29) is 42.5 Å². The number of hydrogen-bond acceptors (Lipinski definition) is 12. The fourth-order valence-corrected chi connectivity index (χ4v) is 4.57. The van der Waals surface area contributed by atoms with Crippen LogP contribution in [0.1, 0.15) is 11.1 Å². The maximum absolute atomic E-state index is 12.8. The van der Waals surface area contributed by atoms with Gasteiger partial charge in [-0.2, -0.15) is 0 Å². The van der Waals surface area contributed by atoms with Crippen LogP contribution in [0.15, 0.2) is 48.5 Å². The predicted octanol–water partition coefficient (Wildman–Crippen LogP) is 3.30. The maximum Gasteiger partial charge on any atom is 2.00 e. The fraction of sp³-hybridized carbons (Fsp3) is 0.345. The molecule has 1 saturated heterocycles. The van der Waals surface area contributed by atoms with Gasteiger partial charge in [-0.15, -0.1) is 0 Å². The van der Waals surface area contributed by atoms with Crippen LogP contribution in [0.3, 0.4) is 0 Å². The van der Waals surface area contributed by atoms with E-state index in [9.17, 15) is 4.79 Å². The molecule has 0 aromatic heterocycles. The van der Waals surface area contributed by atoms with Gasteiger partial charge in [0.15, 0.2) is 11.5 Å². The number of amides is 1. The van der Waals surface area contributed by atoms with Crippen LogP contribution < -0.4 is 30.7 Å². The number of nitrogens with one attached hydrogen (secondary N) is 4. The van der Waals surface area contributed by atoms with Crippen molar-refractivity contribution in [2.75, 3.05) is 66.7 Å². The first kappa shape index (κ1) is 50.2. The molecule has 3 rings (SSSR count). The number of ether oxygens (including phenoxy) is 3. The van der Waals surface area contributed by atoms with Gasteiger partial charge < -0.3 is 140 Å². The Kier molecular flexibility index (Phi) is 30.4. The van der Waals surface area contributed by atoms with Gasteiger partial charge in [-0.05, 0) is 41.0 Å². The van der Waals surface area contributed by atoms with Gasteiger partial charge >= 0.3 is 36.5 Å². The molecule has 20 heteroatoms. The zero-order valence-corrected chi connectivity index (χ0v) is 38.0. The van der Waals surface area contributed by atoms with Crippen molar-refractivity contribution in [1.82, 2.24) is 26.2 Å². The molecule has 4 N–H and O–H groups in total. The topological polar surface area (TPSA) is 96.1 Å². The summed E-state index contributed by atoms with van der Waals surface area (Å²) in [6.07, 6.45) is 1.66. The van der Waals surface area contributed by atoms with Crippen molar-refractivity contribution in [3.63, 3.8) is 0 Å². The Morgan fingerprint density at radius 3 is 1.57 bits per heavy atom. The van der Waals surface area contributed by atoms with Crippen LogP contribution >= 0.6 is 60.5 Å². The van der Waals surface area contributed by atoms with Gasteiger partial charge in [0, 0.05) is 50.4 Å². The summed E-state index contributed by atoms with van der Waals surface area (Å²) in [6.45, 7) is 4.97. The number of hydrogen-bond donors (Lipinski definition) is 4. The summed E-state index contributed by atoms with van der Waals surface area (Å²) in [5.41, 5.74) is 2.55. The Balaban J connectivity index is 0. The van der Waals surface area contributed by atoms with E-state index < -0.39 is 0 Å². The van der Waals surface area contributed by atoms with Crippen LogP contribution in [-0.2, 0) is 96.6 Å². The minimum atomic E-state index is -0.0435. The summed E-state index contributed by atoms with van der Waals surface area (Å²) in [6, 6.07) is 13.0. The molecule has 1 amide bonds. The molecule has 1 aliphatic rings. The summed E-state index contributed by atoms with van der Waals surface area (Å²) in [7, 11) is 3.18. The summed E-state index contributed by atoms with van der Waals surface area (Å²) >= 11 is 42.8. The third-order valence-electron chi connectivity index (χ3n) is 5.77. The molecule has 1 radical (unpaired) electrons. The number of thiocarbonyl (C=S) groups is 4. The van der Waals surface area contributed by atoms with Crippen molar-refractivity contribution in [3.05, 3.63) is 64.7 Å². The molecule has 2 aromatic rings. The van der Waals surface area contributed by atoms with Gasteiger partial charge in [0.25, 0.3) is 0 Å². The molecule has 0 atom stereocenters. The van der Waals surface area contributed by atoms with Gasteiger partial charge in [0.1, 0.15) is 0 Å². The number of nitrogens with zero attached hydrogens (tertiary/aromatic N) is 1. The minimum Gasteiger partial charge on any atom is -0.493 e. The smallest absolute Gasteiger partial charge is 0.493 e. The average Bonchev–Trinajstić information content (AvgIpc) is 3.05. The summed E-state index contributed by atoms with van der Waals surface area (Å²) in [5, 5.41) is 11.8. The van der Waals surface area contributed by atoms with Gasteiger partial charge in [0.2, 0.25) is 5.91 Å². The zero-order valence-electron chi connectivity index (χ0n) is 26.6. The van der Waals surface area contributed by atoms with Crippen molar-refractivity contribution in [1.29, 1.82) is 0 Å². The van der Waals surface area contributed by atoms with Crippen molar-refractivity contribution in [2.24, 2.45) is 0 Å². The third-order valence-corrected chi connectivity index (χ3v) is 7.17. The van der Waals surface area contributed by atoms with E-state index in [1.54, 1.807) is 25.2 Å². The van der Waals surface area contributed by atoms with E-state index in [4.69, 9.17) is 25.8 Å². The zero-order chi connectivity index (χ0) is 35.2. The average molecular weight is 929 g/mol. The molecular formula is C29H34ClMnN5O4S8Zn. The van der Waals surface area contributed by atoms with Gasteiger partial charge in [-0.25, -0.2) is 0 Å². The van der Waals surface area contributed by atoms with Gasteiger partial charge in [-0.3, -0.25) is 4.79 Å². The first-order chi connectivity index (χ1) is 22.4. The molecule has 1 fully saturated rings. The normalized spacial score (nSPS) is 11.6. The second-order valence-corrected chi connectivity index (χ2v) is 13.7. The molecule has 0 aliphatic carbocycles. The van der Waals surface area contributed by atoms with Crippen LogP contribution in [0, 0.1) is 0 Å². The third kappa shape index (κ3) is 23.3. The number of methoxy groups -OCH3 is 2. The van der Waals surface area contributed by atoms with Crippen LogP contribution in [-0.4, -0.2) is 94.8 Å². The molecule has 263 valence electrons. The molecule has 0 spiro atoms. The van der Waals surface area contributed by atoms with Crippen LogP contribution in [0.25, 0.3) is 5.57 Å². The number of carbonyl (C=O) groups is 1. The minimum absolute atomic E-state index is 0. The van der Waals surface area contributed by atoms with E-state index in [0.717, 1.165) is 16.7 Å². The molecule has 0 saturated carbocycles. The van der Waals surface area contributed by atoms with Crippen LogP contribution in [0.5, 0.6) is 11.5 Å². The number of rotatable bonds is 11. The molecule has 1 aliphatic heterocycles. The Morgan fingerprint density at radius 1 is 0.776 bits per heavy atom. The molecule has 0 unspecified atom stereocenters. The van der Waals surface area contributed by atoms with Gasteiger partial charge in [-0.1, -0.05) is 47.1 Å². The van der Waals surface area contributed by atoms with Crippen molar-refractivity contribution in [2.45, 2.75) is 0 Å². The summed E-state index contributed by atoms with van der Waals surface area (Å²) in [5.74, 6) is 1.20. The Labute approximate surface area is 360 Å². The molecular weight excluding hydrogens is 895 g/mol. The largest absolute Gasteiger partial charge is 2.00 e. The maximum atomic E-state index is 12.8. The van der Waals surface area contributed by atoms with Crippen LogP contribution in [0.2, 0.25) is 5.02 Å². The van der Waals surface area contributed by atoms with Gasteiger partial charge in [0.05, 0.1) is 27.4 Å². The molecule has 49 heavy (non-hydrogen) atoms. The first-order valence-corrected chi connectivity index (χ1v) is 17.4. The van der Waals surface area contributed by atoms with E-state index >= 15 is 0 Å². The molecule has 9 nitrogen and oxygen atoms in total. The van der Waals surface area contributed by atoms with E-state index in [0.29, 0.717) is 86.3 Å². The summed E-state index contributed by atoms with van der Waals surface area (Å²) in [4.78, 5) is 14.6.